The van der Waals surface area contributed by atoms with E-state index in [1.165, 1.54) is 6.92 Å². The van der Waals surface area contributed by atoms with Crippen LogP contribution in [-0.2, 0) is 14.8 Å². The second-order valence-electron chi connectivity index (χ2n) is 12.5. The predicted octanol–water partition coefficient (Wildman–Crippen LogP) is 7.65. The van der Waals surface area contributed by atoms with Gasteiger partial charge in [0, 0.05) is 0 Å². The van der Waals surface area contributed by atoms with Crippen molar-refractivity contribution in [2.45, 2.75) is 60.4 Å². The van der Waals surface area contributed by atoms with Gasteiger partial charge in [0.05, 0.1) is 5.66 Å². The molecule has 48 heavy (non-hydrogen) atoms. The smallest absolute Gasteiger partial charge is 0.268 e. The lowest BCUT2D eigenvalue weighted by atomic mass is 9.29. The Morgan fingerprint density at radius 2 is 0.833 bits per heavy atom. The van der Waals surface area contributed by atoms with E-state index in [0.717, 1.165) is 11.1 Å². The van der Waals surface area contributed by atoms with Crippen molar-refractivity contribution in [3.8, 4) is 0 Å². The number of benzene rings is 4. The average Bonchev–Trinajstić information content (AvgIpc) is 2.98. The van der Waals surface area contributed by atoms with Gasteiger partial charge in [0.15, 0.2) is 41.4 Å². The molecule has 0 spiro atoms. The van der Waals surface area contributed by atoms with Gasteiger partial charge in [-0.05, 0) is 70.7 Å². The van der Waals surface area contributed by atoms with Crippen LogP contribution in [-0.4, -0.2) is 16.2 Å². The minimum absolute atomic E-state index is 0.480. The first kappa shape index (κ1) is 36.1. The molecule has 1 aliphatic heterocycles. The van der Waals surface area contributed by atoms with E-state index in [4.69, 9.17) is 4.10 Å². The number of hydrogen-bond donors (Lipinski definition) is 0. The van der Waals surface area contributed by atoms with Gasteiger partial charge < -0.3 is 4.10 Å². The van der Waals surface area contributed by atoms with E-state index in [0.29, 0.717) is 32.9 Å². The van der Waals surface area contributed by atoms with Crippen LogP contribution in [0.5, 0.6) is 0 Å². The lowest BCUT2D eigenvalue weighted by Crippen LogP contribution is -2.69. The Bertz CT molecular complexity index is 1840. The highest BCUT2D eigenvalue weighted by Gasteiger charge is 2.65. The van der Waals surface area contributed by atoms with E-state index in [2.05, 4.69) is 0 Å². The maximum absolute atomic E-state index is 15.7. The molecule has 1 heterocycles. The van der Waals surface area contributed by atoms with E-state index >= 15 is 21.8 Å². The Kier molecular flexibility index (Phi) is 9.23. The fourth-order valence-electron chi connectivity index (χ4n) is 7.66. The van der Waals surface area contributed by atoms with Gasteiger partial charge in [-0.2, -0.15) is 4.21 Å². The highest BCUT2D eigenvalue weighted by atomic mass is 32.8. The highest BCUT2D eigenvalue weighted by Crippen LogP contribution is 2.70. The van der Waals surface area contributed by atoms with E-state index < -0.39 is 105 Å². The predicted molar refractivity (Wildman–Crippen MR) is 168 cm³/mol. The lowest BCUT2D eigenvalue weighted by Gasteiger charge is -2.51. The lowest BCUT2D eigenvalue weighted by molar-refractivity contribution is 0.378. The van der Waals surface area contributed by atoms with Crippen LogP contribution in [0.2, 0.25) is 6.32 Å². The molecule has 0 radical (unpaired) electrons. The molecule has 0 N–H and O–H groups in total. The second-order valence-corrected chi connectivity index (χ2v) is 18.8. The second kappa shape index (κ2) is 12.3. The average molecular weight is 720 g/mol. The zero-order valence-corrected chi connectivity index (χ0v) is 28.3. The molecule has 15 heteroatoms. The Labute approximate surface area is 273 Å². The van der Waals surface area contributed by atoms with E-state index in [1.807, 2.05) is 0 Å². The van der Waals surface area contributed by atoms with Crippen molar-refractivity contribution in [1.82, 2.24) is 0 Å². The van der Waals surface area contributed by atoms with Crippen molar-refractivity contribution in [3.05, 3.63) is 116 Å². The van der Waals surface area contributed by atoms with Crippen molar-refractivity contribution in [3.63, 3.8) is 0 Å². The molecule has 4 aromatic carbocycles. The van der Waals surface area contributed by atoms with Crippen LogP contribution in [0.1, 0.15) is 40.3 Å². The van der Waals surface area contributed by atoms with Crippen LogP contribution in [0.25, 0.3) is 0 Å². The van der Waals surface area contributed by atoms with Gasteiger partial charge in [0.25, 0.3) is 10.7 Å². The molecule has 4 aromatic rings. The van der Waals surface area contributed by atoms with Gasteiger partial charge in [0.1, 0.15) is 33.9 Å². The third kappa shape index (κ3) is 4.95. The van der Waals surface area contributed by atoms with Gasteiger partial charge >= 0.3 is 0 Å². The van der Waals surface area contributed by atoms with Crippen molar-refractivity contribution >= 4 is 45.0 Å². The van der Waals surface area contributed by atoms with Crippen LogP contribution in [0.15, 0.2) is 24.3 Å². The molecule has 1 aliphatic rings. The maximum Gasteiger partial charge on any atom is 0.268 e. The Morgan fingerprint density at radius 1 is 0.562 bits per heavy atom. The fraction of sp³-hybridized carbons (Fsp3) is 0.273. The standard InChI is InChI=1S/C33H28BF10O2PS/c1-13-8-15(3)32(16(4)9-13)47(33-17(5)10-14(2)11-18(33)6)19(7)12-34(46-48(47)45,20-22(35)26(39)30(43)27(40)23(20)36)21-24(37)28(41)31(44)29(42)25(21)38/h8-11,19H,12H2,1-7H3/t19-,48-/m0/s1. The molecule has 1 fully saturated rings. The van der Waals surface area contributed by atoms with E-state index in [1.54, 1.807) is 65.8 Å². The third-order valence-electron chi connectivity index (χ3n) is 9.13. The minimum Gasteiger partial charge on any atom is -0.467 e. The summed E-state index contributed by atoms with van der Waals surface area (Å²) in [4.78, 5) is 0. The summed E-state index contributed by atoms with van der Waals surface area (Å²) in [7, 11) is -2.97. The summed E-state index contributed by atoms with van der Waals surface area (Å²) in [6.07, 6.45) is -5.74. The van der Waals surface area contributed by atoms with Gasteiger partial charge in [-0.15, -0.1) is 6.32 Å². The first-order chi connectivity index (χ1) is 22.2. The highest BCUT2D eigenvalue weighted by molar-refractivity contribution is 8.58. The molecule has 0 amide bonds. The van der Waals surface area contributed by atoms with Crippen LogP contribution in [0, 0.1) is 99.7 Å². The maximum atomic E-state index is 15.7. The summed E-state index contributed by atoms with van der Waals surface area (Å²) in [5, 5.41) is 0.960. The topological polar surface area (TPSA) is 26.3 Å². The SMILES string of the molecule is Cc1cc(C)c([P+]2(c3c(C)cc(C)cc3C)[C@@H](C)C[B-](c3c(F)c(F)c(F)c(F)c3F)(c3c(F)c(F)c(F)c(F)c3F)O[S@@]2=O)c(C)c1. The zero-order valence-electron chi connectivity index (χ0n) is 26.6. The summed E-state index contributed by atoms with van der Waals surface area (Å²) < 4.78 is 171. The normalized spacial score (nSPS) is 18.8. The molecule has 1 saturated heterocycles. The Morgan fingerprint density at radius 3 is 1.10 bits per heavy atom. The number of halogens is 10. The van der Waals surface area contributed by atoms with Crippen LogP contribution in [0.4, 0.5) is 43.9 Å². The fourth-order valence-corrected chi connectivity index (χ4v) is 17.6. The van der Waals surface area contributed by atoms with Gasteiger partial charge in [0.2, 0.25) is 6.35 Å². The van der Waals surface area contributed by atoms with Crippen molar-refractivity contribution < 1.29 is 52.2 Å². The Balaban J connectivity index is 2.00. The molecule has 256 valence electrons. The largest absolute Gasteiger partial charge is 0.467 e. The van der Waals surface area contributed by atoms with Crippen LogP contribution >= 0.6 is 6.46 Å². The summed E-state index contributed by atoms with van der Waals surface area (Å²) in [5.74, 6) is -26.0. The molecule has 0 bridgehead atoms. The van der Waals surface area contributed by atoms with Gasteiger partial charge in [-0.25, -0.2) is 43.9 Å². The summed E-state index contributed by atoms with van der Waals surface area (Å²) >= 11 is 0. The molecule has 2 nitrogen and oxygen atoms in total. The quantitative estimate of drug-likeness (QED) is 0.0713. The molecule has 0 unspecified atom stereocenters. The summed E-state index contributed by atoms with van der Waals surface area (Å²) in [5.41, 5.74) is -1.22. The molecule has 0 aromatic heterocycles. The number of hydrogen-bond acceptors (Lipinski definition) is 2. The van der Waals surface area contributed by atoms with Crippen LogP contribution in [0.3, 0.4) is 0 Å². The molecular formula is C33H28BF10O2PS. The Hall–Kier alpha value is -3.22. The number of rotatable bonds is 4. The molecular weight excluding hydrogens is 692 g/mol. The molecule has 2 atom stereocenters. The molecule has 0 aliphatic carbocycles. The van der Waals surface area contributed by atoms with E-state index in [-0.39, 0.29) is 0 Å². The third-order valence-corrected chi connectivity index (χ3v) is 18.1. The van der Waals surface area contributed by atoms with Gasteiger partial charge in [-0.1, -0.05) is 46.3 Å². The van der Waals surface area contributed by atoms with Crippen molar-refractivity contribution in [2.24, 2.45) is 0 Å². The first-order valence-corrected chi connectivity index (χ1v) is 18.2. The van der Waals surface area contributed by atoms with Crippen LogP contribution < -0.4 is 21.5 Å². The van der Waals surface area contributed by atoms with Crippen molar-refractivity contribution in [2.75, 3.05) is 0 Å². The molecule has 5 rings (SSSR count). The molecule has 0 saturated carbocycles. The van der Waals surface area contributed by atoms with E-state index in [9.17, 15) is 26.3 Å². The van der Waals surface area contributed by atoms with Crippen molar-refractivity contribution in [1.29, 1.82) is 0 Å². The minimum atomic E-state index is -4.68. The first-order valence-electron chi connectivity index (χ1n) is 14.6. The summed E-state index contributed by atoms with van der Waals surface area (Å²) in [6, 6.07) is 7.09. The zero-order chi connectivity index (χ0) is 35.9. The summed E-state index contributed by atoms with van der Waals surface area (Å²) in [6.45, 7) is 8.18. The number of aryl methyl sites for hydroxylation is 6. The van der Waals surface area contributed by atoms with Gasteiger partial charge in [-0.3, -0.25) is 0 Å². The monoisotopic (exact) mass is 720 g/mol.